The lowest BCUT2D eigenvalue weighted by molar-refractivity contribution is -0.153. The van der Waals surface area contributed by atoms with Crippen LogP contribution >= 0.6 is 0 Å². The second-order valence-corrected chi connectivity index (χ2v) is 8.45. The summed E-state index contributed by atoms with van der Waals surface area (Å²) < 4.78 is 5.27. The minimum absolute atomic E-state index is 0.0908. The molecule has 0 aromatic rings. The summed E-state index contributed by atoms with van der Waals surface area (Å²) in [5, 5.41) is 8.98. The average Bonchev–Trinajstić information content (AvgIpc) is 3.24. The molecule has 1 N–H and O–H groups in total. The Labute approximate surface area is 143 Å². The Balaban J connectivity index is 1.85. The SMILES string of the molecule is C[C@@H](CCO)[C@H]1C[C@@H]1CCCCCCCCOC(=O)C(C)(C)C. The first kappa shape index (κ1) is 20.5. The van der Waals surface area contributed by atoms with Crippen LogP contribution in [0.2, 0.25) is 0 Å². The van der Waals surface area contributed by atoms with Crippen LogP contribution in [-0.4, -0.2) is 24.3 Å². The molecule has 1 fully saturated rings. The monoisotopic (exact) mass is 326 g/mol. The van der Waals surface area contributed by atoms with E-state index in [0.29, 0.717) is 19.1 Å². The molecule has 0 unspecified atom stereocenters. The largest absolute Gasteiger partial charge is 0.465 e. The van der Waals surface area contributed by atoms with Crippen molar-refractivity contribution in [3.63, 3.8) is 0 Å². The van der Waals surface area contributed by atoms with Crippen molar-refractivity contribution in [3.8, 4) is 0 Å². The van der Waals surface area contributed by atoms with Gasteiger partial charge in [-0.2, -0.15) is 0 Å². The maximum absolute atomic E-state index is 11.6. The lowest BCUT2D eigenvalue weighted by Crippen LogP contribution is -2.23. The van der Waals surface area contributed by atoms with E-state index in [2.05, 4.69) is 6.92 Å². The number of rotatable bonds is 12. The highest BCUT2D eigenvalue weighted by Gasteiger charge is 2.39. The van der Waals surface area contributed by atoms with Gasteiger partial charge in [0.15, 0.2) is 0 Å². The topological polar surface area (TPSA) is 46.5 Å². The number of hydrogen-bond acceptors (Lipinski definition) is 3. The van der Waals surface area contributed by atoms with E-state index in [1.54, 1.807) is 0 Å². The summed E-state index contributed by atoms with van der Waals surface area (Å²) in [7, 11) is 0. The van der Waals surface area contributed by atoms with Gasteiger partial charge in [0.1, 0.15) is 0 Å². The maximum Gasteiger partial charge on any atom is 0.311 e. The van der Waals surface area contributed by atoms with Crippen LogP contribution in [0.5, 0.6) is 0 Å². The fourth-order valence-corrected chi connectivity index (χ4v) is 3.31. The molecule has 1 saturated carbocycles. The normalized spacial score (nSPS) is 22.0. The number of aliphatic hydroxyl groups excluding tert-OH is 1. The van der Waals surface area contributed by atoms with Crippen molar-refractivity contribution in [1.82, 2.24) is 0 Å². The zero-order valence-corrected chi connectivity index (χ0v) is 15.8. The molecule has 0 amide bonds. The number of ether oxygens (including phenoxy) is 1. The molecule has 0 aliphatic heterocycles. The van der Waals surface area contributed by atoms with Crippen molar-refractivity contribution in [3.05, 3.63) is 0 Å². The Kier molecular flexibility index (Phi) is 9.19. The van der Waals surface area contributed by atoms with Crippen LogP contribution in [0, 0.1) is 23.2 Å². The van der Waals surface area contributed by atoms with Gasteiger partial charge >= 0.3 is 5.97 Å². The molecule has 3 atom stereocenters. The van der Waals surface area contributed by atoms with Crippen molar-refractivity contribution in [2.24, 2.45) is 23.2 Å². The minimum atomic E-state index is -0.380. The first-order valence-electron chi connectivity index (χ1n) is 9.64. The van der Waals surface area contributed by atoms with Crippen LogP contribution in [0.25, 0.3) is 0 Å². The maximum atomic E-state index is 11.6. The number of carbonyl (C=O) groups is 1. The lowest BCUT2D eigenvalue weighted by atomic mass is 9.97. The highest BCUT2D eigenvalue weighted by Crippen LogP contribution is 2.48. The minimum Gasteiger partial charge on any atom is -0.465 e. The van der Waals surface area contributed by atoms with Gasteiger partial charge in [-0.1, -0.05) is 45.4 Å². The predicted octanol–water partition coefficient (Wildman–Crippen LogP) is 4.96. The Morgan fingerprint density at radius 2 is 1.74 bits per heavy atom. The van der Waals surface area contributed by atoms with Gasteiger partial charge in [-0.05, 0) is 57.8 Å². The smallest absolute Gasteiger partial charge is 0.311 e. The van der Waals surface area contributed by atoms with E-state index >= 15 is 0 Å². The molecule has 23 heavy (non-hydrogen) atoms. The van der Waals surface area contributed by atoms with E-state index in [9.17, 15) is 4.79 Å². The molecule has 0 bridgehead atoms. The van der Waals surface area contributed by atoms with E-state index < -0.39 is 0 Å². The molecule has 0 spiro atoms. The Morgan fingerprint density at radius 1 is 1.13 bits per heavy atom. The molecule has 0 saturated heterocycles. The zero-order valence-electron chi connectivity index (χ0n) is 15.8. The van der Waals surface area contributed by atoms with Crippen LogP contribution in [0.3, 0.4) is 0 Å². The van der Waals surface area contributed by atoms with E-state index in [-0.39, 0.29) is 11.4 Å². The predicted molar refractivity (Wildman–Crippen MR) is 95.2 cm³/mol. The van der Waals surface area contributed by atoms with Crippen molar-refractivity contribution in [2.75, 3.05) is 13.2 Å². The summed E-state index contributed by atoms with van der Waals surface area (Å²) in [6.07, 6.45) is 11.1. The third-order valence-electron chi connectivity index (χ3n) is 5.11. The highest BCUT2D eigenvalue weighted by molar-refractivity contribution is 5.75. The number of carbonyl (C=O) groups excluding carboxylic acids is 1. The van der Waals surface area contributed by atoms with Crippen molar-refractivity contribution in [1.29, 1.82) is 0 Å². The summed E-state index contributed by atoms with van der Waals surface area (Å²) >= 11 is 0. The van der Waals surface area contributed by atoms with Gasteiger partial charge in [-0.25, -0.2) is 0 Å². The number of esters is 1. The molecule has 1 aliphatic carbocycles. The first-order valence-corrected chi connectivity index (χ1v) is 9.64. The second-order valence-electron chi connectivity index (χ2n) is 8.45. The van der Waals surface area contributed by atoms with E-state index in [1.807, 2.05) is 20.8 Å². The van der Waals surface area contributed by atoms with Gasteiger partial charge in [-0.15, -0.1) is 0 Å². The number of aliphatic hydroxyl groups is 1. The second kappa shape index (κ2) is 10.3. The third kappa shape index (κ3) is 8.74. The van der Waals surface area contributed by atoms with Crippen molar-refractivity contribution >= 4 is 5.97 Å². The molecular formula is C20H38O3. The van der Waals surface area contributed by atoms with E-state index in [1.165, 1.54) is 38.5 Å². The van der Waals surface area contributed by atoms with E-state index in [0.717, 1.165) is 31.1 Å². The fraction of sp³-hybridized carbons (Fsp3) is 0.950. The number of hydrogen-bond donors (Lipinski definition) is 1. The fourth-order valence-electron chi connectivity index (χ4n) is 3.31. The Bertz CT molecular complexity index is 332. The molecular weight excluding hydrogens is 288 g/mol. The van der Waals surface area contributed by atoms with Crippen LogP contribution in [-0.2, 0) is 9.53 Å². The molecule has 0 heterocycles. The molecule has 0 aromatic carbocycles. The lowest BCUT2D eigenvalue weighted by Gasteiger charge is -2.16. The van der Waals surface area contributed by atoms with Gasteiger partial charge in [0, 0.05) is 6.61 Å². The summed E-state index contributed by atoms with van der Waals surface area (Å²) in [6.45, 7) is 8.88. The molecule has 0 radical (unpaired) electrons. The highest BCUT2D eigenvalue weighted by atomic mass is 16.5. The molecule has 0 aromatic heterocycles. The van der Waals surface area contributed by atoms with Crippen LogP contribution < -0.4 is 0 Å². The molecule has 3 nitrogen and oxygen atoms in total. The van der Waals surface area contributed by atoms with Gasteiger partial charge in [0.25, 0.3) is 0 Å². The molecule has 1 rings (SSSR count). The Hall–Kier alpha value is -0.570. The third-order valence-corrected chi connectivity index (χ3v) is 5.11. The van der Waals surface area contributed by atoms with Crippen molar-refractivity contribution in [2.45, 2.75) is 85.5 Å². The average molecular weight is 327 g/mol. The summed E-state index contributed by atoms with van der Waals surface area (Å²) in [4.78, 5) is 11.6. The summed E-state index contributed by atoms with van der Waals surface area (Å²) in [5.41, 5.74) is -0.380. The van der Waals surface area contributed by atoms with Gasteiger partial charge in [-0.3, -0.25) is 4.79 Å². The van der Waals surface area contributed by atoms with Gasteiger partial charge in [0.05, 0.1) is 12.0 Å². The van der Waals surface area contributed by atoms with Gasteiger partial charge in [0.2, 0.25) is 0 Å². The Morgan fingerprint density at radius 3 is 2.35 bits per heavy atom. The van der Waals surface area contributed by atoms with Crippen LogP contribution in [0.1, 0.15) is 85.5 Å². The quantitative estimate of drug-likeness (QED) is 0.407. The zero-order chi connectivity index (χ0) is 17.3. The standard InChI is InChI=1S/C20H38O3/c1-16(12-13-21)18-15-17(18)11-9-7-5-6-8-10-14-23-19(22)20(2,3)4/h16-18,21H,5-15H2,1-4H3/t16-,17-,18+/m0/s1. The first-order chi connectivity index (χ1) is 10.9. The summed E-state index contributed by atoms with van der Waals surface area (Å²) in [5.74, 6) is 2.45. The molecule has 136 valence electrons. The number of unbranched alkanes of at least 4 members (excludes halogenated alkanes) is 5. The van der Waals surface area contributed by atoms with Crippen molar-refractivity contribution < 1.29 is 14.6 Å². The molecule has 1 aliphatic rings. The van der Waals surface area contributed by atoms with Gasteiger partial charge < -0.3 is 9.84 Å². The summed E-state index contributed by atoms with van der Waals surface area (Å²) in [6, 6.07) is 0. The van der Waals surface area contributed by atoms with Crippen LogP contribution in [0.15, 0.2) is 0 Å². The van der Waals surface area contributed by atoms with Crippen LogP contribution in [0.4, 0.5) is 0 Å². The molecule has 3 heteroatoms. The van der Waals surface area contributed by atoms with E-state index in [4.69, 9.17) is 9.84 Å².